The van der Waals surface area contributed by atoms with Gasteiger partial charge in [-0.25, -0.2) is 0 Å². The van der Waals surface area contributed by atoms with Crippen LogP contribution in [0.15, 0.2) is 42.5 Å². The van der Waals surface area contributed by atoms with Gasteiger partial charge in [0.25, 0.3) is 0 Å². The Morgan fingerprint density at radius 2 is 1.91 bits per heavy atom. The monoisotopic (exact) mass is 298 g/mol. The fourth-order valence-corrected chi connectivity index (χ4v) is 4.00. The Kier molecular flexibility index (Phi) is 5.61. The molecule has 0 N–H and O–H groups in total. The third-order valence-electron chi connectivity index (χ3n) is 5.44. The summed E-state index contributed by atoms with van der Waals surface area (Å²) in [4.78, 5) is 12.7. The lowest BCUT2D eigenvalue weighted by molar-refractivity contribution is -0.122. The maximum absolute atomic E-state index is 12.7. The molecule has 1 nitrogen and oxygen atoms in total. The van der Waals surface area contributed by atoms with Crippen molar-refractivity contribution in [2.75, 3.05) is 0 Å². The first-order valence-electron chi connectivity index (χ1n) is 8.72. The van der Waals surface area contributed by atoms with E-state index in [1.807, 2.05) is 12.2 Å². The fourth-order valence-electron chi connectivity index (χ4n) is 4.00. The zero-order valence-corrected chi connectivity index (χ0v) is 14.5. The van der Waals surface area contributed by atoms with Crippen molar-refractivity contribution in [2.45, 2.75) is 58.8 Å². The van der Waals surface area contributed by atoms with Crippen molar-refractivity contribution >= 4 is 5.78 Å². The molecule has 1 aliphatic carbocycles. The van der Waals surface area contributed by atoms with Crippen molar-refractivity contribution < 1.29 is 4.79 Å². The zero-order valence-electron chi connectivity index (χ0n) is 14.5. The van der Waals surface area contributed by atoms with Gasteiger partial charge in [0.2, 0.25) is 0 Å². The number of rotatable bonds is 5. The van der Waals surface area contributed by atoms with Crippen LogP contribution in [0.25, 0.3) is 0 Å². The van der Waals surface area contributed by atoms with Gasteiger partial charge in [0.05, 0.1) is 0 Å². The predicted molar refractivity (Wildman–Crippen MR) is 93.9 cm³/mol. The number of hydrogen-bond donors (Lipinski definition) is 0. The smallest absolute Gasteiger partial charge is 0.158 e. The Bertz CT molecular complexity index is 512. The van der Waals surface area contributed by atoms with E-state index >= 15 is 0 Å². The minimum absolute atomic E-state index is 0.0434. The van der Waals surface area contributed by atoms with E-state index in [0.717, 1.165) is 19.3 Å². The highest BCUT2D eigenvalue weighted by Gasteiger charge is 2.42. The summed E-state index contributed by atoms with van der Waals surface area (Å²) in [7, 11) is 0. The van der Waals surface area contributed by atoms with Crippen molar-refractivity contribution in [1.29, 1.82) is 0 Å². The van der Waals surface area contributed by atoms with Crippen LogP contribution in [0.1, 0.15) is 58.9 Å². The number of allylic oxidation sites excluding steroid dienone is 2. The molecule has 0 amide bonds. The van der Waals surface area contributed by atoms with E-state index in [9.17, 15) is 4.79 Å². The van der Waals surface area contributed by atoms with Crippen LogP contribution in [0.4, 0.5) is 0 Å². The van der Waals surface area contributed by atoms with Crippen molar-refractivity contribution in [2.24, 2.45) is 17.8 Å². The van der Waals surface area contributed by atoms with Gasteiger partial charge in [-0.2, -0.15) is 0 Å². The number of carbonyl (C=O) groups is 1. The van der Waals surface area contributed by atoms with Gasteiger partial charge in [-0.3, -0.25) is 4.79 Å². The van der Waals surface area contributed by atoms with Gasteiger partial charge in [0, 0.05) is 5.92 Å². The summed E-state index contributed by atoms with van der Waals surface area (Å²) in [6.07, 6.45) is 8.20. The summed E-state index contributed by atoms with van der Waals surface area (Å²) >= 11 is 0. The normalized spacial score (nSPS) is 26.3. The molecule has 1 aromatic carbocycles. The average Bonchev–Trinajstić information content (AvgIpc) is 2.53. The molecular weight excluding hydrogens is 268 g/mol. The summed E-state index contributed by atoms with van der Waals surface area (Å²) in [5.41, 5.74) is 1.40. The molecule has 120 valence electrons. The molecule has 1 aliphatic rings. The highest BCUT2D eigenvalue weighted by Crippen LogP contribution is 2.46. The summed E-state index contributed by atoms with van der Waals surface area (Å²) in [6, 6.07) is 10.7. The third-order valence-corrected chi connectivity index (χ3v) is 5.44. The first-order chi connectivity index (χ1) is 10.5. The standard InChI is InChI=1S/C21H30O/c1-5-6-12-20(22)18-15-16(2)13-14-19(18)21(3,4)17-10-8-7-9-11-17/h6-12,16,18-19H,5,13-15H2,1-4H3/b12-6+/t16-,18-,19-/m1/s1. The molecule has 0 unspecified atom stereocenters. The lowest BCUT2D eigenvalue weighted by atomic mass is 9.60. The van der Waals surface area contributed by atoms with Crippen LogP contribution in [0, 0.1) is 17.8 Å². The summed E-state index contributed by atoms with van der Waals surface area (Å²) in [5.74, 6) is 1.59. The van der Waals surface area contributed by atoms with Gasteiger partial charge in [-0.05, 0) is 48.2 Å². The van der Waals surface area contributed by atoms with Crippen LogP contribution in [-0.2, 0) is 10.2 Å². The maximum atomic E-state index is 12.7. The topological polar surface area (TPSA) is 17.1 Å². The van der Waals surface area contributed by atoms with Crippen LogP contribution in [0.3, 0.4) is 0 Å². The number of ketones is 1. The second-order valence-electron chi connectivity index (χ2n) is 7.43. The van der Waals surface area contributed by atoms with Gasteiger partial charge in [0.1, 0.15) is 0 Å². The van der Waals surface area contributed by atoms with Gasteiger partial charge >= 0.3 is 0 Å². The zero-order chi connectivity index (χ0) is 16.2. The molecule has 0 radical (unpaired) electrons. The second-order valence-corrected chi connectivity index (χ2v) is 7.43. The van der Waals surface area contributed by atoms with E-state index in [0.29, 0.717) is 17.6 Å². The van der Waals surface area contributed by atoms with Gasteiger partial charge in [-0.15, -0.1) is 0 Å². The minimum atomic E-state index is 0.0434. The Balaban J connectivity index is 2.29. The molecule has 1 aromatic rings. The quantitative estimate of drug-likeness (QED) is 0.651. The highest BCUT2D eigenvalue weighted by molar-refractivity contribution is 5.92. The number of hydrogen-bond acceptors (Lipinski definition) is 1. The van der Waals surface area contributed by atoms with Crippen LogP contribution >= 0.6 is 0 Å². The van der Waals surface area contributed by atoms with E-state index in [1.165, 1.54) is 12.0 Å². The molecule has 0 saturated heterocycles. The summed E-state index contributed by atoms with van der Waals surface area (Å²) < 4.78 is 0. The molecule has 3 atom stereocenters. The molecule has 22 heavy (non-hydrogen) atoms. The predicted octanol–water partition coefficient (Wildman–Crippen LogP) is 5.55. The molecule has 1 saturated carbocycles. The maximum Gasteiger partial charge on any atom is 0.158 e. The van der Waals surface area contributed by atoms with Crippen molar-refractivity contribution in [3.63, 3.8) is 0 Å². The minimum Gasteiger partial charge on any atom is -0.295 e. The molecule has 0 spiro atoms. The molecule has 0 aliphatic heterocycles. The van der Waals surface area contributed by atoms with Crippen molar-refractivity contribution in [3.05, 3.63) is 48.0 Å². The van der Waals surface area contributed by atoms with E-state index in [4.69, 9.17) is 0 Å². The van der Waals surface area contributed by atoms with Gasteiger partial charge in [-0.1, -0.05) is 70.5 Å². The van der Waals surface area contributed by atoms with E-state index in [2.05, 4.69) is 58.0 Å². The second kappa shape index (κ2) is 7.26. The average molecular weight is 298 g/mol. The van der Waals surface area contributed by atoms with Crippen LogP contribution in [0.5, 0.6) is 0 Å². The summed E-state index contributed by atoms with van der Waals surface area (Å²) in [5, 5.41) is 0. The Labute approximate surface area is 135 Å². The van der Waals surface area contributed by atoms with Crippen LogP contribution < -0.4 is 0 Å². The molecule has 0 aromatic heterocycles. The first kappa shape index (κ1) is 17.0. The first-order valence-corrected chi connectivity index (χ1v) is 8.72. The van der Waals surface area contributed by atoms with E-state index in [1.54, 1.807) is 0 Å². The highest BCUT2D eigenvalue weighted by atomic mass is 16.1. The summed E-state index contributed by atoms with van der Waals surface area (Å²) in [6.45, 7) is 8.99. The van der Waals surface area contributed by atoms with Crippen LogP contribution in [-0.4, -0.2) is 5.78 Å². The van der Waals surface area contributed by atoms with Crippen LogP contribution in [0.2, 0.25) is 0 Å². The van der Waals surface area contributed by atoms with E-state index < -0.39 is 0 Å². The van der Waals surface area contributed by atoms with E-state index in [-0.39, 0.29) is 11.3 Å². The number of benzene rings is 1. The SMILES string of the molecule is CC/C=C/C(=O)[C@@H]1C[C@H](C)CC[C@H]1C(C)(C)c1ccccc1. The molecule has 0 bridgehead atoms. The lowest BCUT2D eigenvalue weighted by Crippen LogP contribution is -2.41. The fraction of sp³-hybridized carbons (Fsp3) is 0.571. The molecular formula is C21H30O. The Morgan fingerprint density at radius 1 is 1.23 bits per heavy atom. The van der Waals surface area contributed by atoms with Gasteiger partial charge in [0.15, 0.2) is 5.78 Å². The molecule has 1 fully saturated rings. The Hall–Kier alpha value is -1.37. The lowest BCUT2D eigenvalue weighted by Gasteiger charge is -2.43. The van der Waals surface area contributed by atoms with Gasteiger partial charge < -0.3 is 0 Å². The van der Waals surface area contributed by atoms with Crippen molar-refractivity contribution in [3.8, 4) is 0 Å². The van der Waals surface area contributed by atoms with Crippen molar-refractivity contribution in [1.82, 2.24) is 0 Å². The Morgan fingerprint density at radius 3 is 2.55 bits per heavy atom. The number of carbonyl (C=O) groups excluding carboxylic acids is 1. The molecule has 0 heterocycles. The third kappa shape index (κ3) is 3.69. The molecule has 2 rings (SSSR count). The largest absolute Gasteiger partial charge is 0.295 e. The molecule has 1 heteroatoms.